The minimum Gasteiger partial charge on any atom is -0.459 e. The van der Waals surface area contributed by atoms with Crippen LogP contribution in [0.15, 0.2) is 33.2 Å². The summed E-state index contributed by atoms with van der Waals surface area (Å²) in [5, 5.41) is 1.09. The number of rotatable bonds is 3. The summed E-state index contributed by atoms with van der Waals surface area (Å²) >= 11 is 3.51. The molecule has 86 valence electrons. The highest BCUT2D eigenvalue weighted by molar-refractivity contribution is 9.10. The second-order valence-corrected chi connectivity index (χ2v) is 5.07. The van der Waals surface area contributed by atoms with Crippen molar-refractivity contribution in [2.75, 3.05) is 0 Å². The quantitative estimate of drug-likeness (QED) is 0.914. The molecule has 0 aliphatic heterocycles. The van der Waals surface area contributed by atoms with E-state index in [2.05, 4.69) is 29.8 Å². The van der Waals surface area contributed by atoms with Gasteiger partial charge in [0.05, 0.1) is 6.04 Å². The Kier molecular flexibility index (Phi) is 3.36. The van der Waals surface area contributed by atoms with Crippen LogP contribution >= 0.6 is 15.9 Å². The molecule has 0 bridgehead atoms. The van der Waals surface area contributed by atoms with E-state index in [4.69, 9.17) is 10.2 Å². The van der Waals surface area contributed by atoms with Gasteiger partial charge in [0.2, 0.25) is 0 Å². The number of benzene rings is 1. The van der Waals surface area contributed by atoms with E-state index in [1.165, 1.54) is 0 Å². The van der Waals surface area contributed by atoms with Gasteiger partial charge in [-0.1, -0.05) is 42.3 Å². The summed E-state index contributed by atoms with van der Waals surface area (Å²) in [6.07, 6.45) is 1.05. The fourth-order valence-corrected chi connectivity index (χ4v) is 2.21. The second-order valence-electron chi connectivity index (χ2n) is 4.21. The monoisotopic (exact) mass is 281 g/mol. The number of furan rings is 1. The lowest BCUT2D eigenvalue weighted by Crippen LogP contribution is -2.17. The van der Waals surface area contributed by atoms with Crippen LogP contribution in [0.2, 0.25) is 0 Å². The number of fused-ring (bicyclic) bond motifs is 1. The molecule has 3 heteroatoms. The Morgan fingerprint density at radius 2 is 2.19 bits per heavy atom. The lowest BCUT2D eigenvalue weighted by Gasteiger charge is -2.15. The van der Waals surface area contributed by atoms with Crippen LogP contribution in [0.4, 0.5) is 0 Å². The summed E-state index contributed by atoms with van der Waals surface area (Å²) < 4.78 is 6.83. The Morgan fingerprint density at radius 1 is 1.44 bits per heavy atom. The molecular formula is C13H16BrNO. The second kappa shape index (κ2) is 4.60. The molecule has 0 saturated heterocycles. The summed E-state index contributed by atoms with van der Waals surface area (Å²) in [6, 6.07) is 7.96. The molecule has 2 N–H and O–H groups in total. The lowest BCUT2D eigenvalue weighted by atomic mass is 9.98. The zero-order chi connectivity index (χ0) is 11.7. The first-order valence-corrected chi connectivity index (χ1v) is 6.36. The predicted octanol–water partition coefficient (Wildman–Crippen LogP) is 4.24. The molecule has 16 heavy (non-hydrogen) atoms. The lowest BCUT2D eigenvalue weighted by molar-refractivity contribution is 0.388. The minimum absolute atomic E-state index is 0.0238. The van der Waals surface area contributed by atoms with Crippen LogP contribution in [0.25, 0.3) is 11.0 Å². The minimum atomic E-state index is -0.0238. The molecule has 0 fully saturated rings. The highest BCUT2D eigenvalue weighted by atomic mass is 79.9. The van der Waals surface area contributed by atoms with Crippen LogP contribution < -0.4 is 5.73 Å². The molecule has 2 rings (SSSR count). The molecule has 2 atom stereocenters. The van der Waals surface area contributed by atoms with Crippen molar-refractivity contribution in [3.8, 4) is 0 Å². The molecule has 0 aliphatic carbocycles. The van der Waals surface area contributed by atoms with Gasteiger partial charge >= 0.3 is 0 Å². The fourth-order valence-electron chi connectivity index (χ4n) is 1.74. The van der Waals surface area contributed by atoms with Gasteiger partial charge in [0.1, 0.15) is 11.3 Å². The van der Waals surface area contributed by atoms with E-state index in [1.54, 1.807) is 0 Å². The summed E-state index contributed by atoms with van der Waals surface area (Å²) in [4.78, 5) is 0. The third-order valence-electron chi connectivity index (χ3n) is 3.11. The maximum Gasteiger partial charge on any atom is 0.135 e. The summed E-state index contributed by atoms with van der Waals surface area (Å²) in [6.45, 7) is 4.29. The van der Waals surface area contributed by atoms with Crippen LogP contribution in [-0.4, -0.2) is 0 Å². The van der Waals surface area contributed by atoms with E-state index >= 15 is 0 Å². The standard InChI is InChI=1S/C13H16BrNO/c1-3-8(2)13(15)12-7-9-10(14)5-4-6-11(9)16-12/h4-8,13H,3,15H2,1-2H3/t8?,13-/m0/s1. The Bertz CT molecular complexity index is 492. The zero-order valence-electron chi connectivity index (χ0n) is 9.53. The van der Waals surface area contributed by atoms with E-state index in [9.17, 15) is 0 Å². The smallest absolute Gasteiger partial charge is 0.135 e. The molecule has 2 nitrogen and oxygen atoms in total. The van der Waals surface area contributed by atoms with E-state index in [0.717, 1.165) is 27.6 Å². The molecule has 2 aromatic rings. The van der Waals surface area contributed by atoms with E-state index in [1.807, 2.05) is 24.3 Å². The molecule has 0 aliphatic rings. The zero-order valence-corrected chi connectivity index (χ0v) is 11.1. The Labute approximate surface area is 104 Å². The van der Waals surface area contributed by atoms with Crippen molar-refractivity contribution in [3.63, 3.8) is 0 Å². The normalized spacial score (nSPS) is 15.2. The third kappa shape index (κ3) is 2.02. The van der Waals surface area contributed by atoms with E-state index in [-0.39, 0.29) is 6.04 Å². The molecule has 0 spiro atoms. The SMILES string of the molecule is CCC(C)[C@H](N)c1cc2c(Br)cccc2o1. The van der Waals surface area contributed by atoms with Crippen molar-refractivity contribution in [2.45, 2.75) is 26.3 Å². The van der Waals surface area contributed by atoms with Gasteiger partial charge in [0.15, 0.2) is 0 Å². The average molecular weight is 282 g/mol. The molecule has 0 amide bonds. The van der Waals surface area contributed by atoms with Crippen LogP contribution in [0.1, 0.15) is 32.1 Å². The van der Waals surface area contributed by atoms with Crippen molar-refractivity contribution in [1.82, 2.24) is 0 Å². The number of halogens is 1. The van der Waals surface area contributed by atoms with Gasteiger partial charge in [-0.05, 0) is 24.1 Å². The number of nitrogens with two attached hydrogens (primary N) is 1. The van der Waals surface area contributed by atoms with Gasteiger partial charge in [-0.15, -0.1) is 0 Å². The van der Waals surface area contributed by atoms with Gasteiger partial charge in [0, 0.05) is 9.86 Å². The van der Waals surface area contributed by atoms with Gasteiger partial charge in [-0.3, -0.25) is 0 Å². The maximum absolute atomic E-state index is 6.15. The predicted molar refractivity (Wildman–Crippen MR) is 70.3 cm³/mol. The van der Waals surface area contributed by atoms with Crippen LogP contribution in [0, 0.1) is 5.92 Å². The van der Waals surface area contributed by atoms with Crippen molar-refractivity contribution in [2.24, 2.45) is 11.7 Å². The van der Waals surface area contributed by atoms with Crippen molar-refractivity contribution in [3.05, 3.63) is 34.5 Å². The Morgan fingerprint density at radius 3 is 2.81 bits per heavy atom. The topological polar surface area (TPSA) is 39.2 Å². The van der Waals surface area contributed by atoms with Crippen LogP contribution in [-0.2, 0) is 0 Å². The van der Waals surface area contributed by atoms with Crippen molar-refractivity contribution in [1.29, 1.82) is 0 Å². The number of hydrogen-bond acceptors (Lipinski definition) is 2. The van der Waals surface area contributed by atoms with E-state index < -0.39 is 0 Å². The van der Waals surface area contributed by atoms with E-state index in [0.29, 0.717) is 5.92 Å². The van der Waals surface area contributed by atoms with Crippen LogP contribution in [0.3, 0.4) is 0 Å². The van der Waals surface area contributed by atoms with Gasteiger partial charge < -0.3 is 10.2 Å². The van der Waals surface area contributed by atoms with Crippen molar-refractivity contribution >= 4 is 26.9 Å². The number of hydrogen-bond donors (Lipinski definition) is 1. The Balaban J connectivity index is 2.43. The first-order chi connectivity index (χ1) is 7.63. The summed E-state index contributed by atoms with van der Waals surface area (Å²) in [5.74, 6) is 1.30. The fraction of sp³-hybridized carbons (Fsp3) is 0.385. The van der Waals surface area contributed by atoms with Crippen LogP contribution in [0.5, 0.6) is 0 Å². The summed E-state index contributed by atoms with van der Waals surface area (Å²) in [7, 11) is 0. The maximum atomic E-state index is 6.15. The van der Waals surface area contributed by atoms with Crippen molar-refractivity contribution < 1.29 is 4.42 Å². The largest absolute Gasteiger partial charge is 0.459 e. The van der Waals surface area contributed by atoms with Gasteiger partial charge in [0.25, 0.3) is 0 Å². The molecule has 1 aromatic heterocycles. The van der Waals surface area contributed by atoms with Gasteiger partial charge in [-0.25, -0.2) is 0 Å². The average Bonchev–Trinajstić information content (AvgIpc) is 2.72. The molecule has 0 radical (unpaired) electrons. The first kappa shape index (κ1) is 11.7. The Hall–Kier alpha value is -0.800. The molecular weight excluding hydrogens is 266 g/mol. The highest BCUT2D eigenvalue weighted by Crippen LogP contribution is 2.31. The van der Waals surface area contributed by atoms with Gasteiger partial charge in [-0.2, -0.15) is 0 Å². The molecule has 0 saturated carbocycles. The highest BCUT2D eigenvalue weighted by Gasteiger charge is 2.18. The third-order valence-corrected chi connectivity index (χ3v) is 3.80. The molecule has 1 heterocycles. The molecule has 1 aromatic carbocycles. The summed E-state index contributed by atoms with van der Waals surface area (Å²) in [5.41, 5.74) is 7.05. The molecule has 1 unspecified atom stereocenters. The first-order valence-electron chi connectivity index (χ1n) is 5.57.